The van der Waals surface area contributed by atoms with E-state index in [-0.39, 0.29) is 41.7 Å². The number of rotatable bonds is 9. The van der Waals surface area contributed by atoms with Crippen molar-refractivity contribution in [3.05, 3.63) is 58.9 Å². The van der Waals surface area contributed by atoms with Crippen molar-refractivity contribution < 1.29 is 56.0 Å². The summed E-state index contributed by atoms with van der Waals surface area (Å²) >= 11 is 0. The van der Waals surface area contributed by atoms with Crippen LogP contribution in [0, 0.1) is 18.6 Å². The summed E-state index contributed by atoms with van der Waals surface area (Å²) in [7, 11) is 1.35. The SMILES string of the molecule is CCC(C)(CNC(=O)c1c(OC)nc2c(OCc3c(F)cccc3F)cc(C)cn12)NC(=O)O.O=C(O)C(F)(F)F. The molecule has 3 aromatic rings. The number of alkyl halides is 3. The predicted molar refractivity (Wildman–Crippen MR) is 133 cm³/mol. The first-order valence-corrected chi connectivity index (χ1v) is 11.7. The van der Waals surface area contributed by atoms with Gasteiger partial charge in [0.05, 0.1) is 18.2 Å². The third-order valence-electron chi connectivity index (χ3n) is 5.70. The van der Waals surface area contributed by atoms with Crippen LogP contribution >= 0.6 is 0 Å². The molecule has 1 aromatic carbocycles. The van der Waals surface area contributed by atoms with E-state index in [2.05, 4.69) is 15.6 Å². The first-order chi connectivity index (χ1) is 19.0. The van der Waals surface area contributed by atoms with E-state index in [1.165, 1.54) is 17.6 Å². The predicted octanol–water partition coefficient (Wildman–Crippen LogP) is 4.31. The Morgan fingerprint density at radius 2 is 1.71 bits per heavy atom. The van der Waals surface area contributed by atoms with Gasteiger partial charge in [0.25, 0.3) is 5.91 Å². The number of halogens is 5. The lowest BCUT2D eigenvalue weighted by Gasteiger charge is -2.28. The summed E-state index contributed by atoms with van der Waals surface area (Å²) in [6.07, 6.45) is -4.20. The zero-order valence-corrected chi connectivity index (χ0v) is 22.2. The van der Waals surface area contributed by atoms with Crippen LogP contribution in [0.1, 0.15) is 41.9 Å². The number of aromatic nitrogens is 2. The van der Waals surface area contributed by atoms with E-state index in [4.69, 9.17) is 24.5 Å². The quantitative estimate of drug-likeness (QED) is 0.269. The minimum Gasteiger partial charge on any atom is -0.485 e. The number of ether oxygens (including phenoxy) is 2. The van der Waals surface area contributed by atoms with Gasteiger partial charge in [0.1, 0.15) is 18.2 Å². The molecule has 41 heavy (non-hydrogen) atoms. The summed E-state index contributed by atoms with van der Waals surface area (Å²) in [5.41, 5.74) is -0.147. The van der Waals surface area contributed by atoms with Crippen molar-refractivity contribution in [2.75, 3.05) is 13.7 Å². The number of fused-ring (bicyclic) bond motifs is 1. The van der Waals surface area contributed by atoms with Crippen LogP contribution in [0.15, 0.2) is 30.5 Å². The zero-order chi connectivity index (χ0) is 31.1. The van der Waals surface area contributed by atoms with Crippen molar-refractivity contribution >= 4 is 23.6 Å². The van der Waals surface area contributed by atoms with E-state index in [0.717, 1.165) is 12.1 Å². The van der Waals surface area contributed by atoms with Crippen LogP contribution in [-0.2, 0) is 11.4 Å². The molecule has 2 heterocycles. The number of benzene rings is 1. The topological polar surface area (TPSA) is 151 Å². The smallest absolute Gasteiger partial charge is 0.485 e. The third kappa shape index (κ3) is 8.43. The fraction of sp³-hybridized carbons (Fsp3) is 0.360. The lowest BCUT2D eigenvalue weighted by atomic mass is 9.99. The number of imidazole rings is 1. The van der Waals surface area contributed by atoms with Crippen molar-refractivity contribution in [2.24, 2.45) is 0 Å². The molecule has 2 amide bonds. The number of aryl methyl sites for hydroxylation is 1. The van der Waals surface area contributed by atoms with Crippen molar-refractivity contribution in [3.63, 3.8) is 0 Å². The van der Waals surface area contributed by atoms with Gasteiger partial charge < -0.3 is 30.3 Å². The highest BCUT2D eigenvalue weighted by Crippen LogP contribution is 2.29. The Bertz CT molecular complexity index is 1410. The summed E-state index contributed by atoms with van der Waals surface area (Å²) in [4.78, 5) is 37.4. The summed E-state index contributed by atoms with van der Waals surface area (Å²) in [6, 6.07) is 5.17. The second kappa shape index (κ2) is 13.1. The number of nitrogens with zero attached hydrogens (tertiary/aromatic N) is 2. The summed E-state index contributed by atoms with van der Waals surface area (Å²) in [5.74, 6) is -4.57. The van der Waals surface area contributed by atoms with E-state index in [9.17, 15) is 31.5 Å². The molecule has 0 aliphatic heterocycles. The molecule has 0 radical (unpaired) electrons. The standard InChI is InChI=1S/C23H26F2N4O5.C2HF3O2/c1-5-23(3,28-22(31)32)12-26-20(30)18-21(33-4)27-19-17(9-13(2)10-29(18)19)34-11-14-15(24)7-6-8-16(14)25;3-2(4,5)1(6)7/h6-10,28H,5,11-12H2,1-4H3,(H,26,30)(H,31,32);(H,6,7). The highest BCUT2D eigenvalue weighted by Gasteiger charge is 2.38. The number of pyridine rings is 1. The minimum absolute atomic E-state index is 0.00872. The molecule has 0 saturated carbocycles. The summed E-state index contributed by atoms with van der Waals surface area (Å²) in [5, 5.41) is 21.3. The number of carbonyl (C=O) groups is 3. The molecule has 4 N–H and O–H groups in total. The Hall–Kier alpha value is -4.63. The van der Waals surface area contributed by atoms with Crippen LogP contribution in [0.25, 0.3) is 5.65 Å². The van der Waals surface area contributed by atoms with Gasteiger partial charge in [-0.3, -0.25) is 9.20 Å². The van der Waals surface area contributed by atoms with Crippen LogP contribution in [0.3, 0.4) is 0 Å². The van der Waals surface area contributed by atoms with E-state index in [0.29, 0.717) is 12.0 Å². The Labute approximate surface area is 229 Å². The molecule has 1 unspecified atom stereocenters. The lowest BCUT2D eigenvalue weighted by molar-refractivity contribution is -0.192. The average molecular weight is 591 g/mol. The normalized spacial score (nSPS) is 12.5. The fourth-order valence-electron chi connectivity index (χ4n) is 3.37. The molecular weight excluding hydrogens is 563 g/mol. The molecule has 0 fully saturated rings. The van der Waals surface area contributed by atoms with E-state index >= 15 is 0 Å². The number of carbonyl (C=O) groups excluding carboxylic acids is 1. The van der Waals surface area contributed by atoms with Crippen molar-refractivity contribution in [1.82, 2.24) is 20.0 Å². The van der Waals surface area contributed by atoms with Crippen molar-refractivity contribution in [3.8, 4) is 11.6 Å². The van der Waals surface area contributed by atoms with Gasteiger partial charge >= 0.3 is 18.2 Å². The van der Waals surface area contributed by atoms with Gasteiger partial charge in [-0.05, 0) is 44.0 Å². The van der Waals surface area contributed by atoms with E-state index < -0.39 is 41.3 Å². The van der Waals surface area contributed by atoms with Gasteiger partial charge in [0, 0.05) is 12.7 Å². The maximum absolute atomic E-state index is 14.0. The highest BCUT2D eigenvalue weighted by atomic mass is 19.4. The molecule has 0 bridgehead atoms. The third-order valence-corrected chi connectivity index (χ3v) is 5.70. The number of aliphatic carboxylic acids is 1. The first kappa shape index (κ1) is 32.6. The maximum atomic E-state index is 14.0. The van der Waals surface area contributed by atoms with Crippen LogP contribution in [-0.4, -0.2) is 62.9 Å². The van der Waals surface area contributed by atoms with Crippen LogP contribution in [0.5, 0.6) is 11.6 Å². The number of methoxy groups -OCH3 is 1. The molecule has 0 saturated heterocycles. The molecule has 3 rings (SSSR count). The second-order valence-corrected chi connectivity index (χ2v) is 8.86. The summed E-state index contributed by atoms with van der Waals surface area (Å²) in [6.45, 7) is 4.86. The van der Waals surface area contributed by atoms with Crippen molar-refractivity contribution in [1.29, 1.82) is 0 Å². The second-order valence-electron chi connectivity index (χ2n) is 8.86. The van der Waals surface area contributed by atoms with E-state index in [1.807, 2.05) is 0 Å². The number of carboxylic acids is 1. The molecule has 1 atom stereocenters. The molecule has 11 nitrogen and oxygen atoms in total. The molecule has 224 valence electrons. The number of hydrogen-bond acceptors (Lipinski definition) is 6. The average Bonchev–Trinajstić information content (AvgIpc) is 3.25. The van der Waals surface area contributed by atoms with Crippen LogP contribution in [0.4, 0.5) is 26.7 Å². The molecule has 2 aromatic heterocycles. The number of carboxylic acid groups (broad SMARTS) is 2. The van der Waals surface area contributed by atoms with Gasteiger partial charge in [-0.15, -0.1) is 0 Å². The van der Waals surface area contributed by atoms with Gasteiger partial charge in [-0.1, -0.05) is 13.0 Å². The number of hydrogen-bond donors (Lipinski definition) is 4. The summed E-state index contributed by atoms with van der Waals surface area (Å²) < 4.78 is 72.2. The minimum atomic E-state index is -5.08. The fourth-order valence-corrected chi connectivity index (χ4v) is 3.37. The largest absolute Gasteiger partial charge is 0.490 e. The van der Waals surface area contributed by atoms with Gasteiger partial charge in [0.2, 0.25) is 5.88 Å². The molecule has 0 aliphatic carbocycles. The number of nitrogens with one attached hydrogen (secondary N) is 2. The van der Waals surface area contributed by atoms with Crippen LogP contribution in [0.2, 0.25) is 0 Å². The lowest BCUT2D eigenvalue weighted by Crippen LogP contribution is -2.52. The van der Waals surface area contributed by atoms with Crippen molar-refractivity contribution in [2.45, 2.75) is 45.5 Å². The molecule has 0 aliphatic rings. The monoisotopic (exact) mass is 590 g/mol. The van der Waals surface area contributed by atoms with Gasteiger partial charge in [-0.25, -0.2) is 18.4 Å². The van der Waals surface area contributed by atoms with Gasteiger partial charge in [-0.2, -0.15) is 18.2 Å². The first-order valence-electron chi connectivity index (χ1n) is 11.7. The van der Waals surface area contributed by atoms with Gasteiger partial charge in [0.15, 0.2) is 17.1 Å². The Balaban J connectivity index is 0.000000745. The molecule has 16 heteroatoms. The Morgan fingerprint density at radius 1 is 1.12 bits per heavy atom. The van der Waals surface area contributed by atoms with E-state index in [1.54, 1.807) is 33.0 Å². The number of amides is 2. The maximum Gasteiger partial charge on any atom is 0.490 e. The van der Waals surface area contributed by atoms with Crippen LogP contribution < -0.4 is 20.1 Å². The Kier molecular flexibility index (Phi) is 10.4. The highest BCUT2D eigenvalue weighted by molar-refractivity contribution is 5.96. The zero-order valence-electron chi connectivity index (χ0n) is 22.2. The molecular formula is C25H27F5N4O7. The Morgan fingerprint density at radius 3 is 2.20 bits per heavy atom. The molecule has 0 spiro atoms.